The maximum Gasteiger partial charge on any atom is 0.256 e. The Morgan fingerprint density at radius 3 is 2.64 bits per heavy atom. The van der Waals surface area contributed by atoms with Crippen LogP contribution in [-0.2, 0) is 0 Å². The van der Waals surface area contributed by atoms with Crippen LogP contribution < -0.4 is 10.1 Å². The summed E-state index contributed by atoms with van der Waals surface area (Å²) in [5, 5.41) is 13.1. The molecule has 0 radical (unpaired) electrons. The number of benzene rings is 3. The monoisotopic (exact) mass is 502 g/mol. The molecule has 0 heterocycles. The first-order valence-corrected chi connectivity index (χ1v) is 9.83. The third kappa shape index (κ3) is 4.79. The molecular formula is C21H16Br2N2O3. The fourth-order valence-electron chi connectivity index (χ4n) is 2.50. The zero-order chi connectivity index (χ0) is 20.1. The van der Waals surface area contributed by atoms with Crippen molar-refractivity contribution in [3.63, 3.8) is 0 Å². The van der Waals surface area contributed by atoms with Crippen LogP contribution in [0.5, 0.6) is 11.5 Å². The van der Waals surface area contributed by atoms with E-state index in [1.54, 1.807) is 48.5 Å². The molecule has 2 N–H and O–H groups in total. The number of halogens is 2. The summed E-state index contributed by atoms with van der Waals surface area (Å²) < 4.78 is 6.63. The van der Waals surface area contributed by atoms with E-state index in [1.807, 2.05) is 12.1 Å². The SMILES string of the molecule is COc1cc(Br)cc(C=Nc2cccc(NC(=O)c3ccccc3Br)c2)c1O. The van der Waals surface area contributed by atoms with Gasteiger partial charge in [-0.05, 0) is 58.4 Å². The van der Waals surface area contributed by atoms with Gasteiger partial charge < -0.3 is 15.2 Å². The smallest absolute Gasteiger partial charge is 0.256 e. The molecule has 3 aromatic carbocycles. The van der Waals surface area contributed by atoms with Gasteiger partial charge in [0.2, 0.25) is 0 Å². The van der Waals surface area contributed by atoms with Crippen molar-refractivity contribution in [2.75, 3.05) is 12.4 Å². The number of aliphatic imine (C=N–C) groups is 1. The first-order valence-electron chi connectivity index (χ1n) is 8.24. The number of amides is 1. The summed E-state index contributed by atoms with van der Waals surface area (Å²) in [6, 6.07) is 17.7. The lowest BCUT2D eigenvalue weighted by Crippen LogP contribution is -2.12. The second-order valence-electron chi connectivity index (χ2n) is 5.79. The molecule has 1 amide bonds. The highest BCUT2D eigenvalue weighted by molar-refractivity contribution is 9.10. The zero-order valence-electron chi connectivity index (χ0n) is 14.8. The summed E-state index contributed by atoms with van der Waals surface area (Å²) in [5.74, 6) is 0.140. The van der Waals surface area contributed by atoms with Gasteiger partial charge in [-0.2, -0.15) is 0 Å². The minimum atomic E-state index is -0.219. The summed E-state index contributed by atoms with van der Waals surface area (Å²) in [5.41, 5.74) is 2.30. The van der Waals surface area contributed by atoms with Crippen molar-refractivity contribution in [3.05, 3.63) is 80.7 Å². The van der Waals surface area contributed by atoms with Gasteiger partial charge in [-0.3, -0.25) is 9.79 Å². The number of nitrogens with one attached hydrogen (secondary N) is 1. The summed E-state index contributed by atoms with van der Waals surface area (Å²) in [6.07, 6.45) is 1.54. The molecule has 7 heteroatoms. The van der Waals surface area contributed by atoms with Crippen LogP contribution in [0.15, 0.2) is 74.6 Å². The highest BCUT2D eigenvalue weighted by Crippen LogP contribution is 2.33. The summed E-state index contributed by atoms with van der Waals surface area (Å²) in [7, 11) is 1.49. The van der Waals surface area contributed by atoms with Crippen molar-refractivity contribution in [3.8, 4) is 11.5 Å². The highest BCUT2D eigenvalue weighted by atomic mass is 79.9. The van der Waals surface area contributed by atoms with Crippen LogP contribution in [-0.4, -0.2) is 24.3 Å². The molecule has 0 fully saturated rings. The molecule has 0 spiro atoms. The van der Waals surface area contributed by atoms with Gasteiger partial charge in [0, 0.05) is 26.4 Å². The minimum absolute atomic E-state index is 0.00725. The summed E-state index contributed by atoms with van der Waals surface area (Å²) in [4.78, 5) is 16.8. The predicted molar refractivity (Wildman–Crippen MR) is 118 cm³/mol. The molecule has 0 saturated heterocycles. The summed E-state index contributed by atoms with van der Waals surface area (Å²) in [6.45, 7) is 0. The number of hydrogen-bond donors (Lipinski definition) is 2. The third-order valence-electron chi connectivity index (χ3n) is 3.86. The van der Waals surface area contributed by atoms with E-state index in [0.29, 0.717) is 28.3 Å². The van der Waals surface area contributed by atoms with Crippen molar-refractivity contribution in [2.45, 2.75) is 0 Å². The molecule has 142 valence electrons. The van der Waals surface area contributed by atoms with Crippen LogP contribution in [0, 0.1) is 0 Å². The van der Waals surface area contributed by atoms with Crippen molar-refractivity contribution in [2.24, 2.45) is 4.99 Å². The Hall–Kier alpha value is -2.64. The Morgan fingerprint density at radius 1 is 1.11 bits per heavy atom. The Morgan fingerprint density at radius 2 is 1.89 bits per heavy atom. The number of phenolic OH excluding ortho intramolecular Hbond substituents is 1. The lowest BCUT2D eigenvalue weighted by atomic mass is 10.2. The zero-order valence-corrected chi connectivity index (χ0v) is 18.0. The second kappa shape index (κ2) is 9.03. The number of methoxy groups -OCH3 is 1. The van der Waals surface area contributed by atoms with Gasteiger partial charge in [-0.25, -0.2) is 0 Å². The largest absolute Gasteiger partial charge is 0.504 e. The molecule has 0 aliphatic rings. The van der Waals surface area contributed by atoms with Crippen LogP contribution in [0.25, 0.3) is 0 Å². The van der Waals surface area contributed by atoms with E-state index < -0.39 is 0 Å². The average Bonchev–Trinajstić information content (AvgIpc) is 2.69. The predicted octanol–water partition coefficient (Wildman–Crippen LogP) is 5.93. The molecular weight excluding hydrogens is 488 g/mol. The van der Waals surface area contributed by atoms with E-state index in [4.69, 9.17) is 4.74 Å². The van der Waals surface area contributed by atoms with Crippen LogP contribution in [0.3, 0.4) is 0 Å². The normalized spacial score (nSPS) is 10.8. The Bertz CT molecular complexity index is 1050. The molecule has 0 aliphatic heterocycles. The lowest BCUT2D eigenvalue weighted by Gasteiger charge is -2.08. The summed E-state index contributed by atoms with van der Waals surface area (Å²) >= 11 is 6.75. The van der Waals surface area contributed by atoms with E-state index in [1.165, 1.54) is 13.3 Å². The van der Waals surface area contributed by atoms with Gasteiger partial charge in [0.25, 0.3) is 5.91 Å². The number of nitrogens with zero attached hydrogens (tertiary/aromatic N) is 1. The van der Waals surface area contributed by atoms with Crippen molar-refractivity contribution < 1.29 is 14.6 Å². The number of phenols is 1. The molecule has 28 heavy (non-hydrogen) atoms. The Labute approximate surface area is 179 Å². The van der Waals surface area contributed by atoms with Gasteiger partial charge >= 0.3 is 0 Å². The van der Waals surface area contributed by atoms with Gasteiger partial charge in [-0.1, -0.05) is 34.1 Å². The number of carbonyl (C=O) groups is 1. The van der Waals surface area contributed by atoms with E-state index in [2.05, 4.69) is 42.2 Å². The highest BCUT2D eigenvalue weighted by Gasteiger charge is 2.10. The van der Waals surface area contributed by atoms with E-state index >= 15 is 0 Å². The average molecular weight is 504 g/mol. The van der Waals surface area contributed by atoms with Gasteiger partial charge in [0.1, 0.15) is 0 Å². The maximum absolute atomic E-state index is 12.4. The standard InChI is InChI=1S/C21H16Br2N2O3/c1-28-19-10-14(22)9-13(20(19)26)12-24-15-5-4-6-16(11-15)25-21(27)17-7-2-3-8-18(17)23/h2-12,26H,1H3,(H,25,27). The van der Waals surface area contributed by atoms with Crippen LogP contribution in [0.4, 0.5) is 11.4 Å². The topological polar surface area (TPSA) is 70.9 Å². The third-order valence-corrected chi connectivity index (χ3v) is 5.01. The van der Waals surface area contributed by atoms with Crippen molar-refractivity contribution in [1.82, 2.24) is 0 Å². The Kier molecular flexibility index (Phi) is 6.49. The van der Waals surface area contributed by atoms with Crippen molar-refractivity contribution >= 4 is 55.4 Å². The second-order valence-corrected chi connectivity index (χ2v) is 7.56. The number of rotatable bonds is 5. The van der Waals surface area contributed by atoms with Gasteiger partial charge in [0.15, 0.2) is 11.5 Å². The maximum atomic E-state index is 12.4. The van der Waals surface area contributed by atoms with Crippen LogP contribution in [0.1, 0.15) is 15.9 Å². The van der Waals surface area contributed by atoms with Gasteiger partial charge in [-0.15, -0.1) is 0 Å². The molecule has 5 nitrogen and oxygen atoms in total. The number of aromatic hydroxyl groups is 1. The molecule has 0 atom stereocenters. The first-order chi connectivity index (χ1) is 13.5. The molecule has 0 aliphatic carbocycles. The van der Waals surface area contributed by atoms with Gasteiger partial charge in [0.05, 0.1) is 18.4 Å². The Balaban J connectivity index is 1.81. The van der Waals surface area contributed by atoms with E-state index in [9.17, 15) is 9.90 Å². The molecule has 0 saturated carbocycles. The number of hydrogen-bond acceptors (Lipinski definition) is 4. The molecule has 3 rings (SSSR count). The van der Waals surface area contributed by atoms with Crippen LogP contribution >= 0.6 is 31.9 Å². The van der Waals surface area contributed by atoms with Crippen molar-refractivity contribution in [1.29, 1.82) is 0 Å². The first kappa shape index (κ1) is 20.1. The van der Waals surface area contributed by atoms with E-state index in [-0.39, 0.29) is 11.7 Å². The number of anilines is 1. The molecule has 3 aromatic rings. The number of ether oxygens (including phenoxy) is 1. The molecule has 0 aromatic heterocycles. The van der Waals surface area contributed by atoms with E-state index in [0.717, 1.165) is 8.95 Å². The number of carbonyl (C=O) groups excluding carboxylic acids is 1. The fraction of sp³-hybridized carbons (Fsp3) is 0.0476. The molecule has 0 unspecified atom stereocenters. The van der Waals surface area contributed by atoms with Crippen LogP contribution in [0.2, 0.25) is 0 Å². The quantitative estimate of drug-likeness (QED) is 0.424. The lowest BCUT2D eigenvalue weighted by molar-refractivity contribution is 0.102. The fourth-order valence-corrected chi connectivity index (χ4v) is 3.42. The molecule has 0 bridgehead atoms. The minimum Gasteiger partial charge on any atom is -0.504 e.